The quantitative estimate of drug-likeness (QED) is 0.683. The SMILES string of the molecule is Fc1ccc(-c2[c]ccc(Cl)c2)cc1F. The fourth-order valence-corrected chi connectivity index (χ4v) is 1.44. The molecule has 2 rings (SSSR count). The Morgan fingerprint density at radius 1 is 1.00 bits per heavy atom. The van der Waals surface area contributed by atoms with E-state index in [1.807, 2.05) is 0 Å². The smallest absolute Gasteiger partial charge is 0.159 e. The molecule has 75 valence electrons. The number of hydrogen-bond donors (Lipinski definition) is 0. The van der Waals surface area contributed by atoms with Crippen molar-refractivity contribution in [2.24, 2.45) is 0 Å². The first-order valence-corrected chi connectivity index (χ1v) is 4.67. The summed E-state index contributed by atoms with van der Waals surface area (Å²) in [7, 11) is 0. The van der Waals surface area contributed by atoms with Crippen LogP contribution in [0, 0.1) is 17.7 Å². The van der Waals surface area contributed by atoms with Gasteiger partial charge in [0.15, 0.2) is 11.6 Å². The summed E-state index contributed by atoms with van der Waals surface area (Å²) in [4.78, 5) is 0. The minimum Gasteiger partial charge on any atom is -0.204 e. The number of halogens is 3. The first-order valence-electron chi connectivity index (χ1n) is 4.29. The standard InChI is InChI=1S/C12H6ClF2/c13-10-3-1-2-8(6-10)9-4-5-11(14)12(15)7-9/h1,3-7H. The second-order valence-corrected chi connectivity index (χ2v) is 3.49. The molecule has 0 saturated carbocycles. The van der Waals surface area contributed by atoms with E-state index < -0.39 is 11.6 Å². The molecule has 0 unspecified atom stereocenters. The first kappa shape index (κ1) is 10.1. The van der Waals surface area contributed by atoms with E-state index in [1.54, 1.807) is 18.2 Å². The molecule has 15 heavy (non-hydrogen) atoms. The highest BCUT2D eigenvalue weighted by molar-refractivity contribution is 6.30. The number of rotatable bonds is 1. The second kappa shape index (κ2) is 3.99. The van der Waals surface area contributed by atoms with Crippen LogP contribution < -0.4 is 0 Å². The van der Waals surface area contributed by atoms with Gasteiger partial charge in [-0.15, -0.1) is 0 Å². The van der Waals surface area contributed by atoms with Crippen LogP contribution in [0.15, 0.2) is 36.4 Å². The van der Waals surface area contributed by atoms with E-state index in [9.17, 15) is 8.78 Å². The normalized spacial score (nSPS) is 10.3. The zero-order valence-electron chi connectivity index (χ0n) is 7.60. The van der Waals surface area contributed by atoms with Crippen molar-refractivity contribution < 1.29 is 8.78 Å². The summed E-state index contributed by atoms with van der Waals surface area (Å²) >= 11 is 5.78. The average Bonchev–Trinajstić information content (AvgIpc) is 2.22. The Morgan fingerprint density at radius 3 is 2.47 bits per heavy atom. The van der Waals surface area contributed by atoms with Crippen molar-refractivity contribution in [1.29, 1.82) is 0 Å². The van der Waals surface area contributed by atoms with Crippen molar-refractivity contribution >= 4 is 11.6 Å². The van der Waals surface area contributed by atoms with Crippen molar-refractivity contribution in [3.63, 3.8) is 0 Å². The third kappa shape index (κ3) is 2.16. The average molecular weight is 224 g/mol. The minimum absolute atomic E-state index is 0.536. The maximum atomic E-state index is 12.9. The third-order valence-electron chi connectivity index (χ3n) is 1.99. The number of hydrogen-bond acceptors (Lipinski definition) is 0. The molecule has 0 saturated heterocycles. The Hall–Kier alpha value is -1.41. The van der Waals surface area contributed by atoms with Crippen LogP contribution in [0.1, 0.15) is 0 Å². The van der Waals surface area contributed by atoms with Gasteiger partial charge in [-0.1, -0.05) is 23.7 Å². The molecule has 1 radical (unpaired) electrons. The molecular formula is C12H6ClF2. The van der Waals surface area contributed by atoms with Gasteiger partial charge in [-0.2, -0.15) is 0 Å². The lowest BCUT2D eigenvalue weighted by Crippen LogP contribution is -1.85. The van der Waals surface area contributed by atoms with Crippen molar-refractivity contribution in [1.82, 2.24) is 0 Å². The molecule has 3 heteroatoms. The fraction of sp³-hybridized carbons (Fsp3) is 0. The Bertz CT molecular complexity index is 495. The topological polar surface area (TPSA) is 0 Å². The monoisotopic (exact) mass is 223 g/mol. The molecule has 0 aliphatic carbocycles. The van der Waals surface area contributed by atoms with Gasteiger partial charge in [-0.3, -0.25) is 0 Å². The van der Waals surface area contributed by atoms with Crippen LogP contribution >= 0.6 is 11.6 Å². The van der Waals surface area contributed by atoms with Gasteiger partial charge in [-0.25, -0.2) is 8.78 Å². The largest absolute Gasteiger partial charge is 0.204 e. The van der Waals surface area contributed by atoms with Gasteiger partial charge in [0.2, 0.25) is 0 Å². The molecule has 0 aliphatic heterocycles. The van der Waals surface area contributed by atoms with Crippen LogP contribution in [0.25, 0.3) is 11.1 Å². The fourth-order valence-electron chi connectivity index (χ4n) is 1.27. The highest BCUT2D eigenvalue weighted by Crippen LogP contribution is 2.23. The second-order valence-electron chi connectivity index (χ2n) is 3.05. The van der Waals surface area contributed by atoms with E-state index in [1.165, 1.54) is 6.07 Å². The molecule has 0 bridgehead atoms. The first-order chi connectivity index (χ1) is 7.16. The van der Waals surface area contributed by atoms with Gasteiger partial charge in [0.25, 0.3) is 0 Å². The van der Waals surface area contributed by atoms with E-state index in [-0.39, 0.29) is 0 Å². The summed E-state index contributed by atoms with van der Waals surface area (Å²) in [6.07, 6.45) is 0. The van der Waals surface area contributed by atoms with E-state index in [0.29, 0.717) is 16.1 Å². The van der Waals surface area contributed by atoms with Crippen molar-refractivity contribution in [2.45, 2.75) is 0 Å². The van der Waals surface area contributed by atoms with E-state index >= 15 is 0 Å². The van der Waals surface area contributed by atoms with Crippen LogP contribution in [0.4, 0.5) is 8.78 Å². The van der Waals surface area contributed by atoms with Gasteiger partial charge in [-0.05, 0) is 41.5 Å². The molecular weight excluding hydrogens is 218 g/mol. The predicted molar refractivity (Wildman–Crippen MR) is 55.6 cm³/mol. The molecule has 2 aromatic carbocycles. The highest BCUT2D eigenvalue weighted by atomic mass is 35.5. The molecule has 2 aromatic rings. The van der Waals surface area contributed by atoms with E-state index in [2.05, 4.69) is 6.07 Å². The molecule has 0 N–H and O–H groups in total. The van der Waals surface area contributed by atoms with Crippen molar-refractivity contribution in [3.05, 3.63) is 59.1 Å². The summed E-state index contributed by atoms with van der Waals surface area (Å²) < 4.78 is 25.6. The van der Waals surface area contributed by atoms with Gasteiger partial charge in [0.05, 0.1) is 0 Å². The van der Waals surface area contributed by atoms with Gasteiger partial charge < -0.3 is 0 Å². The summed E-state index contributed by atoms with van der Waals surface area (Å²) in [5.41, 5.74) is 1.19. The zero-order valence-corrected chi connectivity index (χ0v) is 8.35. The van der Waals surface area contributed by atoms with Crippen LogP contribution in [0.3, 0.4) is 0 Å². The summed E-state index contributed by atoms with van der Waals surface area (Å²) in [5.74, 6) is -1.73. The van der Waals surface area contributed by atoms with Crippen LogP contribution in [-0.2, 0) is 0 Å². The van der Waals surface area contributed by atoms with E-state index in [4.69, 9.17) is 11.6 Å². The number of benzene rings is 2. The highest BCUT2D eigenvalue weighted by Gasteiger charge is 2.04. The Balaban J connectivity index is 2.50. The van der Waals surface area contributed by atoms with Crippen molar-refractivity contribution in [3.8, 4) is 11.1 Å². The van der Waals surface area contributed by atoms with Crippen LogP contribution in [-0.4, -0.2) is 0 Å². The lowest BCUT2D eigenvalue weighted by molar-refractivity contribution is 0.509. The zero-order chi connectivity index (χ0) is 10.8. The Morgan fingerprint density at radius 2 is 1.80 bits per heavy atom. The Labute approximate surface area is 91.1 Å². The molecule has 0 spiro atoms. The lowest BCUT2D eigenvalue weighted by atomic mass is 10.1. The Kier molecular flexibility index (Phi) is 2.69. The molecule has 0 atom stereocenters. The van der Waals surface area contributed by atoms with Crippen LogP contribution in [0.5, 0.6) is 0 Å². The van der Waals surface area contributed by atoms with Gasteiger partial charge >= 0.3 is 0 Å². The summed E-state index contributed by atoms with van der Waals surface area (Å²) in [6.45, 7) is 0. The third-order valence-corrected chi connectivity index (χ3v) is 2.23. The molecule has 0 aliphatic rings. The summed E-state index contributed by atoms with van der Waals surface area (Å²) in [6, 6.07) is 11.5. The van der Waals surface area contributed by atoms with Gasteiger partial charge in [0, 0.05) is 5.02 Å². The van der Waals surface area contributed by atoms with Crippen LogP contribution in [0.2, 0.25) is 5.02 Å². The maximum Gasteiger partial charge on any atom is 0.159 e. The maximum absolute atomic E-state index is 12.9. The lowest BCUT2D eigenvalue weighted by Gasteiger charge is -2.02. The van der Waals surface area contributed by atoms with E-state index in [0.717, 1.165) is 12.1 Å². The molecule has 0 aromatic heterocycles. The van der Waals surface area contributed by atoms with Crippen molar-refractivity contribution in [2.75, 3.05) is 0 Å². The van der Waals surface area contributed by atoms with Gasteiger partial charge in [0.1, 0.15) is 0 Å². The minimum atomic E-state index is -0.874. The predicted octanol–water partition coefficient (Wildman–Crippen LogP) is 4.09. The molecule has 0 nitrogen and oxygen atoms in total. The molecule has 0 amide bonds. The summed E-state index contributed by atoms with van der Waals surface area (Å²) in [5, 5.41) is 0.536. The molecule has 0 heterocycles. The molecule has 0 fully saturated rings.